The number of methoxy groups -OCH3 is 1. The van der Waals surface area contributed by atoms with Crippen LogP contribution >= 0.6 is 0 Å². The Bertz CT molecular complexity index is 1750. The minimum atomic E-state index is -5.08. The Hall–Kier alpha value is -4.98. The first-order valence-electron chi connectivity index (χ1n) is 14.2. The zero-order chi connectivity index (χ0) is 34.1. The van der Waals surface area contributed by atoms with Crippen molar-refractivity contribution in [3.8, 4) is 6.01 Å². The summed E-state index contributed by atoms with van der Waals surface area (Å²) >= 11 is 0. The van der Waals surface area contributed by atoms with Crippen LogP contribution in [0, 0.1) is 13.8 Å². The number of hydrogen-bond donors (Lipinski definition) is 1. The van der Waals surface area contributed by atoms with E-state index in [-0.39, 0.29) is 23.3 Å². The van der Waals surface area contributed by atoms with Gasteiger partial charge >= 0.3 is 24.3 Å². The molecule has 0 radical (unpaired) electrons. The first kappa shape index (κ1) is 33.4. The van der Waals surface area contributed by atoms with Gasteiger partial charge in [-0.25, -0.2) is 14.8 Å². The van der Waals surface area contributed by atoms with Gasteiger partial charge in [0.25, 0.3) is 0 Å². The molecule has 3 aromatic carbocycles. The summed E-state index contributed by atoms with van der Waals surface area (Å²) in [6.07, 6.45) is -11.8. The summed E-state index contributed by atoms with van der Waals surface area (Å²) < 4.78 is 93.5. The highest BCUT2D eigenvalue weighted by Crippen LogP contribution is 2.43. The summed E-state index contributed by atoms with van der Waals surface area (Å²) in [5, 5.41) is 3.14. The third-order valence-corrected chi connectivity index (χ3v) is 7.65. The van der Waals surface area contributed by atoms with Crippen molar-refractivity contribution in [3.05, 3.63) is 118 Å². The Morgan fingerprint density at radius 2 is 1.47 bits per heavy atom. The minimum Gasteiger partial charge on any atom is -0.466 e. The number of alkyl halides is 6. The van der Waals surface area contributed by atoms with Gasteiger partial charge in [0.15, 0.2) is 0 Å². The molecule has 1 aliphatic rings. The molecule has 0 bridgehead atoms. The standard InChI is InChI=1S/C33H28F6N4O4/c1-19-13-20(2)42-30(41-19)47-28(29(45)46-3)31(22-9-5-4-6-10-22)25-11-7-8-12-26(25)43(27(44)17-40-31)18-21-14-23(32(34,35)36)16-24(15-21)33(37,38)39/h4-16,28,40H,17-18H2,1-3H3/t28-,31-/m0/s1. The predicted octanol–water partition coefficient (Wildman–Crippen LogP) is 6.13. The van der Waals surface area contributed by atoms with Crippen LogP contribution in [-0.4, -0.2) is 41.6 Å². The Labute approximate surface area is 265 Å². The second kappa shape index (κ2) is 12.7. The van der Waals surface area contributed by atoms with E-state index in [9.17, 15) is 35.9 Å². The molecule has 4 aromatic rings. The lowest BCUT2D eigenvalue weighted by atomic mass is 9.77. The predicted molar refractivity (Wildman–Crippen MR) is 157 cm³/mol. The zero-order valence-corrected chi connectivity index (χ0v) is 25.2. The highest BCUT2D eigenvalue weighted by Gasteiger charge is 2.52. The molecule has 47 heavy (non-hydrogen) atoms. The zero-order valence-electron chi connectivity index (χ0n) is 25.2. The molecular weight excluding hydrogens is 630 g/mol. The molecule has 1 aromatic heterocycles. The number of anilines is 1. The molecule has 0 saturated carbocycles. The van der Waals surface area contributed by atoms with E-state index >= 15 is 0 Å². The molecule has 0 aliphatic carbocycles. The van der Waals surface area contributed by atoms with E-state index in [1.54, 1.807) is 68.4 Å². The molecule has 5 rings (SSSR count). The van der Waals surface area contributed by atoms with E-state index in [0.717, 1.165) is 12.0 Å². The van der Waals surface area contributed by atoms with E-state index in [0.29, 0.717) is 29.1 Å². The fourth-order valence-corrected chi connectivity index (χ4v) is 5.66. The summed E-state index contributed by atoms with van der Waals surface area (Å²) in [5.41, 5.74) is -3.27. The van der Waals surface area contributed by atoms with Crippen LogP contribution in [0.1, 0.15) is 39.2 Å². The number of hydrogen-bond acceptors (Lipinski definition) is 7. The van der Waals surface area contributed by atoms with Gasteiger partial charge in [0.1, 0.15) is 5.54 Å². The van der Waals surface area contributed by atoms with Gasteiger partial charge in [-0.05, 0) is 55.3 Å². The van der Waals surface area contributed by atoms with Gasteiger partial charge in [-0.2, -0.15) is 26.3 Å². The van der Waals surface area contributed by atoms with E-state index < -0.39 is 65.7 Å². The van der Waals surface area contributed by atoms with Crippen molar-refractivity contribution in [1.82, 2.24) is 15.3 Å². The number of rotatable bonds is 7. The third kappa shape index (κ3) is 6.77. The fraction of sp³-hybridized carbons (Fsp3) is 0.273. The number of benzene rings is 3. The number of esters is 1. The number of carbonyl (C=O) groups excluding carboxylic acids is 2. The monoisotopic (exact) mass is 658 g/mol. The number of halogens is 6. The Kier molecular flexibility index (Phi) is 9.00. The number of aromatic nitrogens is 2. The Balaban J connectivity index is 1.72. The van der Waals surface area contributed by atoms with Crippen molar-refractivity contribution < 1.29 is 45.4 Å². The Morgan fingerprint density at radius 3 is 2.04 bits per heavy atom. The van der Waals surface area contributed by atoms with Crippen LogP contribution in [0.2, 0.25) is 0 Å². The van der Waals surface area contributed by atoms with E-state index in [1.807, 2.05) is 0 Å². The first-order chi connectivity index (χ1) is 22.1. The molecule has 0 fully saturated rings. The SMILES string of the molecule is COC(=O)[C@H](Oc1nc(C)cc(C)n1)[C@@]1(c2ccccc2)NCC(=O)N(Cc2cc(C(F)(F)F)cc(C(F)(F)F)c2)c2ccccc21. The Morgan fingerprint density at radius 1 is 0.894 bits per heavy atom. The van der Waals surface area contributed by atoms with Gasteiger partial charge < -0.3 is 14.4 Å². The maximum Gasteiger partial charge on any atom is 0.416 e. The van der Waals surface area contributed by atoms with Crippen LogP contribution in [0.3, 0.4) is 0 Å². The highest BCUT2D eigenvalue weighted by molar-refractivity contribution is 5.97. The number of para-hydroxylation sites is 1. The smallest absolute Gasteiger partial charge is 0.416 e. The summed E-state index contributed by atoms with van der Waals surface area (Å²) in [6, 6.07) is 17.4. The quantitative estimate of drug-likeness (QED) is 0.189. The molecule has 0 unspecified atom stereocenters. The number of nitrogens with one attached hydrogen (secondary N) is 1. The highest BCUT2D eigenvalue weighted by atomic mass is 19.4. The normalized spacial score (nSPS) is 17.5. The van der Waals surface area contributed by atoms with E-state index in [4.69, 9.17) is 9.47 Å². The van der Waals surface area contributed by atoms with Gasteiger partial charge in [0, 0.05) is 22.6 Å². The van der Waals surface area contributed by atoms with Crippen molar-refractivity contribution in [1.29, 1.82) is 0 Å². The van der Waals surface area contributed by atoms with Gasteiger partial charge in [-0.3, -0.25) is 10.1 Å². The topological polar surface area (TPSA) is 93.6 Å². The number of fused-ring (bicyclic) bond motifs is 1. The second-order valence-corrected chi connectivity index (χ2v) is 10.9. The maximum atomic E-state index is 13.8. The van der Waals surface area contributed by atoms with Crippen LogP contribution in [-0.2, 0) is 38.8 Å². The van der Waals surface area contributed by atoms with Crippen LogP contribution < -0.4 is 15.0 Å². The average molecular weight is 659 g/mol. The molecule has 0 spiro atoms. The number of nitrogens with zero attached hydrogens (tertiary/aromatic N) is 3. The van der Waals surface area contributed by atoms with Gasteiger partial charge in [0.05, 0.1) is 31.3 Å². The average Bonchev–Trinajstić information content (AvgIpc) is 3.13. The lowest BCUT2D eigenvalue weighted by Crippen LogP contribution is -2.59. The fourth-order valence-electron chi connectivity index (χ4n) is 5.66. The number of ether oxygens (including phenoxy) is 2. The molecule has 2 atom stereocenters. The van der Waals surface area contributed by atoms with E-state index in [2.05, 4.69) is 15.3 Å². The lowest BCUT2D eigenvalue weighted by Gasteiger charge is -2.40. The van der Waals surface area contributed by atoms with Crippen molar-refractivity contribution in [3.63, 3.8) is 0 Å². The minimum absolute atomic E-state index is 0.0249. The van der Waals surface area contributed by atoms with Gasteiger partial charge in [-0.15, -0.1) is 0 Å². The molecule has 0 saturated heterocycles. The van der Waals surface area contributed by atoms with Crippen molar-refractivity contribution in [2.75, 3.05) is 18.6 Å². The van der Waals surface area contributed by atoms with Crippen LogP contribution in [0.4, 0.5) is 32.0 Å². The van der Waals surface area contributed by atoms with Crippen molar-refractivity contribution >= 4 is 17.6 Å². The first-order valence-corrected chi connectivity index (χ1v) is 14.2. The van der Waals surface area contributed by atoms with Crippen molar-refractivity contribution in [2.24, 2.45) is 0 Å². The molecular formula is C33H28F6N4O4. The summed E-state index contributed by atoms with van der Waals surface area (Å²) in [7, 11) is 1.14. The molecule has 1 N–H and O–H groups in total. The lowest BCUT2D eigenvalue weighted by molar-refractivity contribution is -0.153. The van der Waals surface area contributed by atoms with Crippen LogP contribution in [0.15, 0.2) is 78.9 Å². The molecule has 246 valence electrons. The maximum absolute atomic E-state index is 13.8. The molecule has 2 heterocycles. The molecule has 14 heteroatoms. The van der Waals surface area contributed by atoms with Crippen LogP contribution in [0.25, 0.3) is 0 Å². The summed E-state index contributed by atoms with van der Waals surface area (Å²) in [5.74, 6) is -1.58. The third-order valence-electron chi connectivity index (χ3n) is 7.65. The summed E-state index contributed by atoms with van der Waals surface area (Å²) in [4.78, 5) is 37.1. The molecule has 1 amide bonds. The largest absolute Gasteiger partial charge is 0.466 e. The number of aryl methyl sites for hydroxylation is 2. The molecule has 8 nitrogen and oxygen atoms in total. The van der Waals surface area contributed by atoms with Crippen molar-refractivity contribution in [2.45, 2.75) is 44.4 Å². The number of amides is 1. The number of carbonyl (C=O) groups is 2. The van der Waals surface area contributed by atoms with Gasteiger partial charge in [-0.1, -0.05) is 48.5 Å². The summed E-state index contributed by atoms with van der Waals surface area (Å²) in [6.45, 7) is 2.24. The second-order valence-electron chi connectivity index (χ2n) is 10.9. The van der Waals surface area contributed by atoms with E-state index in [1.165, 1.54) is 6.07 Å². The van der Waals surface area contributed by atoms with Crippen LogP contribution in [0.5, 0.6) is 6.01 Å². The van der Waals surface area contributed by atoms with Gasteiger partial charge in [0.2, 0.25) is 12.0 Å². The molecule has 1 aliphatic heterocycles.